The highest BCUT2D eigenvalue weighted by atomic mass is 79.9. The summed E-state index contributed by atoms with van der Waals surface area (Å²) >= 11 is 3.29. The summed E-state index contributed by atoms with van der Waals surface area (Å²) in [6.45, 7) is 0. The first kappa shape index (κ1) is 11.6. The zero-order chi connectivity index (χ0) is 11.4. The molecule has 0 unspecified atom stereocenters. The fourth-order valence-electron chi connectivity index (χ4n) is 1.12. The summed E-state index contributed by atoms with van der Waals surface area (Å²) < 4.78 is 5.84. The molecule has 0 bridgehead atoms. The number of nitrogen functional groups attached to an aromatic ring is 1. The van der Waals surface area contributed by atoms with Crippen LogP contribution in [-0.2, 0) is 4.79 Å². The first-order valence-corrected chi connectivity index (χ1v) is 4.88. The van der Waals surface area contributed by atoms with Crippen LogP contribution in [0.2, 0.25) is 0 Å². The van der Waals surface area contributed by atoms with Crippen LogP contribution in [0.1, 0.15) is 5.56 Å². The van der Waals surface area contributed by atoms with Crippen molar-refractivity contribution in [2.45, 2.75) is 0 Å². The Kier molecular flexibility index (Phi) is 3.74. The third-order valence-corrected chi connectivity index (χ3v) is 2.40. The summed E-state index contributed by atoms with van der Waals surface area (Å²) in [6, 6.07) is 3.42. The highest BCUT2D eigenvalue weighted by Crippen LogP contribution is 2.33. The van der Waals surface area contributed by atoms with E-state index in [1.807, 2.05) is 0 Å². The molecule has 0 heterocycles. The normalized spacial score (nSPS) is 10.5. The molecule has 0 spiro atoms. The maximum absolute atomic E-state index is 10.4. The summed E-state index contributed by atoms with van der Waals surface area (Å²) in [4.78, 5) is 10.4. The number of nitrogens with two attached hydrogens (primary N) is 1. The van der Waals surface area contributed by atoms with Gasteiger partial charge in [0.05, 0.1) is 11.6 Å². The molecule has 3 N–H and O–H groups in total. The summed E-state index contributed by atoms with van der Waals surface area (Å²) in [6.07, 6.45) is 2.42. The van der Waals surface area contributed by atoms with Gasteiger partial charge in [-0.1, -0.05) is 0 Å². The molecule has 1 rings (SSSR count). The number of hydrogen-bond acceptors (Lipinski definition) is 3. The lowest BCUT2D eigenvalue weighted by Crippen LogP contribution is -1.96. The standard InChI is InChI=1S/C10H10BrNO3/c1-15-10-6(2-5-9(13)14)8(12)4-3-7(10)11/h2-5H,12H2,1H3,(H,13,14). The Balaban J connectivity index is 3.25. The molecule has 5 heteroatoms. The molecule has 0 aliphatic carbocycles. The van der Waals surface area contributed by atoms with Gasteiger partial charge in [-0.05, 0) is 34.1 Å². The van der Waals surface area contributed by atoms with Crippen LogP contribution in [0.25, 0.3) is 6.08 Å². The predicted octanol–water partition coefficient (Wildman–Crippen LogP) is 2.14. The van der Waals surface area contributed by atoms with Gasteiger partial charge in [0.25, 0.3) is 0 Å². The number of methoxy groups -OCH3 is 1. The fourth-order valence-corrected chi connectivity index (χ4v) is 1.63. The molecule has 1 aromatic carbocycles. The van der Waals surface area contributed by atoms with Crippen LogP contribution in [0, 0.1) is 0 Å². The predicted molar refractivity (Wildman–Crippen MR) is 61.8 cm³/mol. The average molecular weight is 272 g/mol. The van der Waals surface area contributed by atoms with Gasteiger partial charge in [0.1, 0.15) is 5.75 Å². The molecule has 0 saturated heterocycles. The molecule has 0 fully saturated rings. The van der Waals surface area contributed by atoms with Crippen molar-refractivity contribution in [3.8, 4) is 5.75 Å². The second-order valence-corrected chi connectivity index (χ2v) is 3.61. The van der Waals surface area contributed by atoms with Gasteiger partial charge in [0.2, 0.25) is 0 Å². The number of rotatable bonds is 3. The van der Waals surface area contributed by atoms with Crippen LogP contribution in [0.4, 0.5) is 5.69 Å². The Bertz CT molecular complexity index is 415. The maximum atomic E-state index is 10.4. The van der Waals surface area contributed by atoms with Gasteiger partial charge in [-0.3, -0.25) is 0 Å². The van der Waals surface area contributed by atoms with E-state index in [2.05, 4.69) is 15.9 Å². The van der Waals surface area contributed by atoms with Gasteiger partial charge in [-0.2, -0.15) is 0 Å². The minimum Gasteiger partial charge on any atom is -0.495 e. The van der Waals surface area contributed by atoms with Crippen LogP contribution in [-0.4, -0.2) is 18.2 Å². The summed E-state index contributed by atoms with van der Waals surface area (Å²) in [5, 5.41) is 8.52. The van der Waals surface area contributed by atoms with E-state index in [4.69, 9.17) is 15.6 Å². The fraction of sp³-hybridized carbons (Fsp3) is 0.100. The zero-order valence-corrected chi connectivity index (χ0v) is 9.61. The van der Waals surface area contributed by atoms with E-state index in [1.165, 1.54) is 13.2 Å². The van der Waals surface area contributed by atoms with Gasteiger partial charge in [-0.25, -0.2) is 4.79 Å². The van der Waals surface area contributed by atoms with Crippen LogP contribution < -0.4 is 10.5 Å². The Labute approximate surface area is 95.5 Å². The van der Waals surface area contributed by atoms with Gasteiger partial charge in [0, 0.05) is 17.3 Å². The van der Waals surface area contributed by atoms with Gasteiger partial charge < -0.3 is 15.6 Å². The van der Waals surface area contributed by atoms with Crippen molar-refractivity contribution in [2.24, 2.45) is 0 Å². The molecule has 0 radical (unpaired) electrons. The quantitative estimate of drug-likeness (QED) is 0.653. The largest absolute Gasteiger partial charge is 0.495 e. The van der Waals surface area contributed by atoms with Crippen LogP contribution in [0.5, 0.6) is 5.75 Å². The second-order valence-electron chi connectivity index (χ2n) is 2.76. The molecule has 0 aromatic heterocycles. The van der Waals surface area contributed by atoms with Crippen molar-refractivity contribution >= 4 is 33.7 Å². The molecule has 0 aliphatic rings. The lowest BCUT2D eigenvalue weighted by Gasteiger charge is -2.09. The Hall–Kier alpha value is -1.49. The molecule has 80 valence electrons. The van der Waals surface area contributed by atoms with Crippen molar-refractivity contribution in [1.82, 2.24) is 0 Å². The van der Waals surface area contributed by atoms with Crippen LogP contribution in [0.15, 0.2) is 22.7 Å². The molecule has 0 amide bonds. The number of carbonyl (C=O) groups is 1. The molecule has 4 nitrogen and oxygen atoms in total. The lowest BCUT2D eigenvalue weighted by atomic mass is 10.1. The molecular weight excluding hydrogens is 262 g/mol. The third kappa shape index (κ3) is 2.73. The van der Waals surface area contributed by atoms with Crippen molar-refractivity contribution < 1.29 is 14.6 Å². The van der Waals surface area contributed by atoms with E-state index in [0.29, 0.717) is 17.0 Å². The van der Waals surface area contributed by atoms with Crippen molar-refractivity contribution in [2.75, 3.05) is 12.8 Å². The number of carboxylic acids is 1. The van der Waals surface area contributed by atoms with Crippen molar-refractivity contribution in [1.29, 1.82) is 0 Å². The number of ether oxygens (including phenoxy) is 1. The summed E-state index contributed by atoms with van der Waals surface area (Å²) in [5.74, 6) is -0.510. The number of hydrogen-bond donors (Lipinski definition) is 2. The molecule has 15 heavy (non-hydrogen) atoms. The minimum absolute atomic E-state index is 0.465. The van der Waals surface area contributed by atoms with Gasteiger partial charge >= 0.3 is 5.97 Å². The van der Waals surface area contributed by atoms with E-state index >= 15 is 0 Å². The Morgan fingerprint density at radius 3 is 2.80 bits per heavy atom. The lowest BCUT2D eigenvalue weighted by molar-refractivity contribution is -0.131. The number of halogens is 1. The van der Waals surface area contributed by atoms with Crippen LogP contribution in [0.3, 0.4) is 0 Å². The molecule has 0 aliphatic heterocycles. The van der Waals surface area contributed by atoms with E-state index in [-0.39, 0.29) is 0 Å². The SMILES string of the molecule is COc1c(Br)ccc(N)c1C=CC(=O)O. The average Bonchev–Trinajstić information content (AvgIpc) is 2.19. The summed E-state index contributed by atoms with van der Waals surface area (Å²) in [7, 11) is 1.50. The molecular formula is C10H10BrNO3. The monoisotopic (exact) mass is 271 g/mol. The van der Waals surface area contributed by atoms with Gasteiger partial charge in [-0.15, -0.1) is 0 Å². The van der Waals surface area contributed by atoms with Crippen molar-refractivity contribution in [3.63, 3.8) is 0 Å². The molecule has 0 atom stereocenters. The van der Waals surface area contributed by atoms with E-state index < -0.39 is 5.97 Å². The van der Waals surface area contributed by atoms with Gasteiger partial charge in [0.15, 0.2) is 0 Å². The minimum atomic E-state index is -1.03. The second kappa shape index (κ2) is 4.84. The first-order chi connectivity index (χ1) is 7.06. The van der Waals surface area contributed by atoms with Crippen molar-refractivity contribution in [3.05, 3.63) is 28.2 Å². The number of carboxylic acid groups (broad SMARTS) is 1. The molecule has 1 aromatic rings. The highest BCUT2D eigenvalue weighted by Gasteiger charge is 2.08. The topological polar surface area (TPSA) is 72.5 Å². The third-order valence-electron chi connectivity index (χ3n) is 1.78. The Morgan fingerprint density at radius 1 is 1.60 bits per heavy atom. The molecule has 0 saturated carbocycles. The van der Waals surface area contributed by atoms with Crippen LogP contribution >= 0.6 is 15.9 Å². The Morgan fingerprint density at radius 2 is 2.27 bits per heavy atom. The zero-order valence-electron chi connectivity index (χ0n) is 8.03. The number of aliphatic carboxylic acids is 1. The van der Waals surface area contributed by atoms with E-state index in [0.717, 1.165) is 10.5 Å². The number of benzene rings is 1. The first-order valence-electron chi connectivity index (χ1n) is 4.09. The number of anilines is 1. The summed E-state index contributed by atoms with van der Waals surface area (Å²) in [5.41, 5.74) is 6.72. The van der Waals surface area contributed by atoms with E-state index in [1.54, 1.807) is 12.1 Å². The van der Waals surface area contributed by atoms with E-state index in [9.17, 15) is 4.79 Å². The maximum Gasteiger partial charge on any atom is 0.328 e. The smallest absolute Gasteiger partial charge is 0.328 e. The highest BCUT2D eigenvalue weighted by molar-refractivity contribution is 9.10.